The van der Waals surface area contributed by atoms with Crippen LogP contribution in [0.1, 0.15) is 11.3 Å². The van der Waals surface area contributed by atoms with Gasteiger partial charge in [-0.05, 0) is 30.2 Å². The Hall–Kier alpha value is -0.900. The molecule has 0 saturated carbocycles. The minimum Gasteiger partial charge on any atom is -0.320 e. The molecule has 12 heavy (non-hydrogen) atoms. The molecule has 2 nitrogen and oxygen atoms in total. The van der Waals surface area contributed by atoms with Gasteiger partial charge in [0.1, 0.15) is 5.69 Å². The number of alkyl halides is 3. The highest BCUT2D eigenvalue weighted by molar-refractivity contribution is 6.21. The number of hydrogen-bond acceptors (Lipinski definition) is 1. The van der Waals surface area contributed by atoms with E-state index < -0.39 is 16.6 Å². The Morgan fingerprint density at radius 1 is 1.50 bits per heavy atom. The molecule has 66 valence electrons. The average Bonchev–Trinajstić information content (AvgIpc) is 1.82. The zero-order valence-electron chi connectivity index (χ0n) is 6.20. The third kappa shape index (κ3) is 2.04. The second kappa shape index (κ2) is 2.86. The van der Waals surface area contributed by atoms with Crippen LogP contribution in [0.5, 0.6) is 0 Å². The lowest BCUT2D eigenvalue weighted by atomic mass is 10.2. The van der Waals surface area contributed by atoms with Crippen LogP contribution >= 0.6 is 11.6 Å². The van der Waals surface area contributed by atoms with Crippen molar-refractivity contribution in [2.75, 3.05) is 0 Å². The number of pyridine rings is 1. The lowest BCUT2D eigenvalue weighted by Crippen LogP contribution is -2.15. The number of halogens is 3. The van der Waals surface area contributed by atoms with Gasteiger partial charge < -0.3 is 4.98 Å². The van der Waals surface area contributed by atoms with E-state index >= 15 is 0 Å². The van der Waals surface area contributed by atoms with Crippen molar-refractivity contribution < 1.29 is 8.78 Å². The third-order valence-electron chi connectivity index (χ3n) is 1.29. The summed E-state index contributed by atoms with van der Waals surface area (Å²) < 4.78 is 24.8. The fourth-order valence-electron chi connectivity index (χ4n) is 0.834. The smallest absolute Gasteiger partial charge is 0.320 e. The SMILES string of the molecule is Cc1cc(C(F)(F)Cl)[nH]c(=O)c1. The molecule has 0 aliphatic rings. The second-order valence-corrected chi connectivity index (χ2v) is 2.91. The monoisotopic (exact) mass is 193 g/mol. The van der Waals surface area contributed by atoms with Crippen molar-refractivity contribution >= 4 is 11.6 Å². The first-order chi connectivity index (χ1) is 5.39. The Labute approximate surface area is 72.2 Å². The quantitative estimate of drug-likeness (QED) is 0.680. The molecule has 0 amide bonds. The van der Waals surface area contributed by atoms with Crippen LogP contribution in [0.2, 0.25) is 0 Å². The van der Waals surface area contributed by atoms with Crippen LogP contribution in [0.15, 0.2) is 16.9 Å². The molecule has 0 aliphatic heterocycles. The lowest BCUT2D eigenvalue weighted by molar-refractivity contribution is 0.0896. The van der Waals surface area contributed by atoms with E-state index in [1.54, 1.807) is 6.92 Å². The number of aromatic nitrogens is 1. The summed E-state index contributed by atoms with van der Waals surface area (Å²) in [5.74, 6) is 0. The van der Waals surface area contributed by atoms with Gasteiger partial charge in [0, 0.05) is 6.07 Å². The molecule has 1 aromatic rings. The number of aromatic amines is 1. The van der Waals surface area contributed by atoms with Crippen molar-refractivity contribution in [3.63, 3.8) is 0 Å². The Morgan fingerprint density at radius 3 is 2.50 bits per heavy atom. The summed E-state index contributed by atoms with van der Waals surface area (Å²) in [5, 5.41) is -3.51. The van der Waals surface area contributed by atoms with E-state index in [2.05, 4.69) is 0 Å². The number of hydrogen-bond donors (Lipinski definition) is 1. The van der Waals surface area contributed by atoms with Crippen LogP contribution in [0.3, 0.4) is 0 Å². The fourth-order valence-corrected chi connectivity index (χ4v) is 0.936. The molecule has 1 rings (SSSR count). The van der Waals surface area contributed by atoms with E-state index in [4.69, 9.17) is 11.6 Å². The van der Waals surface area contributed by atoms with Crippen molar-refractivity contribution in [1.29, 1.82) is 0 Å². The van der Waals surface area contributed by atoms with E-state index in [0.717, 1.165) is 6.07 Å². The van der Waals surface area contributed by atoms with Gasteiger partial charge in [0.2, 0.25) is 5.56 Å². The maximum Gasteiger partial charge on any atom is 0.362 e. The molecule has 0 aromatic carbocycles. The van der Waals surface area contributed by atoms with Gasteiger partial charge in [0.05, 0.1) is 0 Å². The molecule has 0 aliphatic carbocycles. The summed E-state index contributed by atoms with van der Waals surface area (Å²) in [4.78, 5) is 12.7. The standard InChI is InChI=1S/C7H6ClF2NO/c1-4-2-5(7(8,9)10)11-6(12)3-4/h2-3H,1H3,(H,11,12). The van der Waals surface area contributed by atoms with Crippen molar-refractivity contribution in [3.8, 4) is 0 Å². The highest BCUT2D eigenvalue weighted by atomic mass is 35.5. The normalized spacial score (nSPS) is 11.7. The minimum absolute atomic E-state index is 0.453. The Morgan fingerprint density at radius 2 is 2.08 bits per heavy atom. The summed E-state index contributed by atoms with van der Waals surface area (Å²) in [6.07, 6.45) is 0. The van der Waals surface area contributed by atoms with Crippen LogP contribution in [-0.2, 0) is 5.38 Å². The molecule has 0 bridgehead atoms. The van der Waals surface area contributed by atoms with Crippen LogP contribution < -0.4 is 5.56 Å². The summed E-state index contributed by atoms with van der Waals surface area (Å²) in [7, 11) is 0. The van der Waals surface area contributed by atoms with Gasteiger partial charge in [0.25, 0.3) is 0 Å². The highest BCUT2D eigenvalue weighted by Gasteiger charge is 2.28. The Kier molecular flexibility index (Phi) is 2.19. The largest absolute Gasteiger partial charge is 0.362 e. The van der Waals surface area contributed by atoms with Gasteiger partial charge in [-0.2, -0.15) is 8.78 Å². The highest BCUT2D eigenvalue weighted by Crippen LogP contribution is 2.30. The van der Waals surface area contributed by atoms with E-state index in [-0.39, 0.29) is 0 Å². The number of H-pyrrole nitrogens is 1. The maximum absolute atomic E-state index is 12.4. The van der Waals surface area contributed by atoms with Crippen LogP contribution in [0.25, 0.3) is 0 Å². The molecule has 0 unspecified atom stereocenters. The van der Waals surface area contributed by atoms with Crippen LogP contribution in [-0.4, -0.2) is 4.98 Å². The van der Waals surface area contributed by atoms with Gasteiger partial charge in [-0.25, -0.2) is 0 Å². The molecule has 0 atom stereocenters. The molecule has 0 saturated heterocycles. The second-order valence-electron chi connectivity index (χ2n) is 2.43. The van der Waals surface area contributed by atoms with Crippen molar-refractivity contribution in [2.24, 2.45) is 0 Å². The molecule has 1 N–H and O–H groups in total. The third-order valence-corrected chi connectivity index (χ3v) is 1.50. The predicted molar refractivity (Wildman–Crippen MR) is 41.5 cm³/mol. The zero-order chi connectivity index (χ0) is 9.35. The topological polar surface area (TPSA) is 32.9 Å². The minimum atomic E-state index is -3.51. The van der Waals surface area contributed by atoms with Gasteiger partial charge in [-0.1, -0.05) is 0 Å². The van der Waals surface area contributed by atoms with Crippen LogP contribution in [0.4, 0.5) is 8.78 Å². The fraction of sp³-hybridized carbons (Fsp3) is 0.286. The maximum atomic E-state index is 12.4. The molecule has 0 fully saturated rings. The van der Waals surface area contributed by atoms with E-state index in [1.807, 2.05) is 4.98 Å². The van der Waals surface area contributed by atoms with Crippen LogP contribution in [0, 0.1) is 6.92 Å². The van der Waals surface area contributed by atoms with Gasteiger partial charge >= 0.3 is 5.38 Å². The first kappa shape index (κ1) is 9.19. The molecule has 0 spiro atoms. The van der Waals surface area contributed by atoms with E-state index in [0.29, 0.717) is 5.56 Å². The Balaban J connectivity index is 3.27. The summed E-state index contributed by atoms with van der Waals surface area (Å²) in [6, 6.07) is 2.35. The molecule has 5 heteroatoms. The zero-order valence-corrected chi connectivity index (χ0v) is 6.95. The van der Waals surface area contributed by atoms with Gasteiger partial charge in [-0.3, -0.25) is 4.79 Å². The summed E-state index contributed by atoms with van der Waals surface area (Å²) >= 11 is 4.70. The van der Waals surface area contributed by atoms with Gasteiger partial charge in [-0.15, -0.1) is 0 Å². The van der Waals surface area contributed by atoms with Gasteiger partial charge in [0.15, 0.2) is 0 Å². The van der Waals surface area contributed by atoms with Crippen molar-refractivity contribution in [3.05, 3.63) is 33.7 Å². The Bertz CT molecular complexity index is 342. The first-order valence-electron chi connectivity index (χ1n) is 3.18. The van der Waals surface area contributed by atoms with E-state index in [9.17, 15) is 13.6 Å². The first-order valence-corrected chi connectivity index (χ1v) is 3.55. The molecule has 1 aromatic heterocycles. The average molecular weight is 194 g/mol. The lowest BCUT2D eigenvalue weighted by Gasteiger charge is -2.07. The van der Waals surface area contributed by atoms with Crippen molar-refractivity contribution in [1.82, 2.24) is 4.98 Å². The van der Waals surface area contributed by atoms with Crippen molar-refractivity contribution in [2.45, 2.75) is 12.3 Å². The predicted octanol–water partition coefficient (Wildman–Crippen LogP) is 1.97. The number of aryl methyl sites for hydroxylation is 1. The summed E-state index contributed by atoms with van der Waals surface area (Å²) in [5.41, 5.74) is -0.700. The molecule has 1 heterocycles. The van der Waals surface area contributed by atoms with E-state index in [1.165, 1.54) is 6.07 Å². The number of nitrogens with one attached hydrogen (secondary N) is 1. The molecule has 0 radical (unpaired) electrons. The number of rotatable bonds is 1. The molecular formula is C7H6ClF2NO. The summed E-state index contributed by atoms with van der Waals surface area (Å²) in [6.45, 7) is 1.54. The molecular weight excluding hydrogens is 188 g/mol.